The van der Waals surface area contributed by atoms with Gasteiger partial charge in [0, 0.05) is 21.9 Å². The molecule has 2 heteroatoms. The molecular weight excluding hydrogens is 522 g/mol. The summed E-state index contributed by atoms with van der Waals surface area (Å²) in [6.45, 7) is 0. The Balaban J connectivity index is 1.20. The van der Waals surface area contributed by atoms with Gasteiger partial charge in [0.25, 0.3) is 0 Å². The molecule has 10 rings (SSSR count). The van der Waals surface area contributed by atoms with Gasteiger partial charge >= 0.3 is 0 Å². The van der Waals surface area contributed by atoms with Crippen LogP contribution in [0.15, 0.2) is 144 Å². The van der Waals surface area contributed by atoms with Gasteiger partial charge < -0.3 is 4.42 Å². The first-order valence-corrected chi connectivity index (χ1v) is 14.7. The fourth-order valence-corrected chi connectivity index (χ4v) is 7.30. The van der Waals surface area contributed by atoms with Crippen molar-refractivity contribution in [1.82, 2.24) is 4.98 Å². The van der Waals surface area contributed by atoms with Gasteiger partial charge in [0.1, 0.15) is 11.2 Å². The first-order chi connectivity index (χ1) is 21.3. The molecule has 0 bridgehead atoms. The molecule has 0 aliphatic rings. The second-order valence-corrected chi connectivity index (χ2v) is 11.5. The van der Waals surface area contributed by atoms with Crippen LogP contribution in [0, 0.1) is 0 Å². The van der Waals surface area contributed by atoms with Crippen molar-refractivity contribution >= 4 is 75.8 Å². The summed E-state index contributed by atoms with van der Waals surface area (Å²) in [5, 5.41) is 15.3. The maximum absolute atomic E-state index is 6.06. The van der Waals surface area contributed by atoms with E-state index in [0.717, 1.165) is 44.5 Å². The van der Waals surface area contributed by atoms with E-state index < -0.39 is 0 Å². The molecule has 2 nitrogen and oxygen atoms in total. The van der Waals surface area contributed by atoms with Crippen molar-refractivity contribution in [3.05, 3.63) is 140 Å². The lowest BCUT2D eigenvalue weighted by atomic mass is 9.86. The van der Waals surface area contributed by atoms with Gasteiger partial charge in [0.15, 0.2) is 0 Å². The molecule has 0 aliphatic heterocycles. The molecule has 2 aromatic heterocycles. The number of hydrogen-bond acceptors (Lipinski definition) is 2. The molecule has 0 radical (unpaired) electrons. The van der Waals surface area contributed by atoms with Crippen molar-refractivity contribution in [2.75, 3.05) is 0 Å². The van der Waals surface area contributed by atoms with Crippen molar-refractivity contribution < 1.29 is 4.42 Å². The highest BCUT2D eigenvalue weighted by Gasteiger charge is 2.17. The quantitative estimate of drug-likeness (QED) is 0.159. The highest BCUT2D eigenvalue weighted by Crippen LogP contribution is 2.45. The van der Waals surface area contributed by atoms with Crippen LogP contribution < -0.4 is 0 Å². The number of pyridine rings is 1. The van der Waals surface area contributed by atoms with Gasteiger partial charge in [-0.2, -0.15) is 0 Å². The van der Waals surface area contributed by atoms with E-state index in [1.165, 1.54) is 53.9 Å². The first-order valence-electron chi connectivity index (χ1n) is 14.7. The number of nitrogens with zero attached hydrogens (tertiary/aromatic N) is 1. The lowest BCUT2D eigenvalue weighted by Gasteiger charge is -2.18. The van der Waals surface area contributed by atoms with Gasteiger partial charge in [-0.3, -0.25) is 0 Å². The Hall–Kier alpha value is -5.73. The topological polar surface area (TPSA) is 26.0 Å². The predicted octanol–water partition coefficient (Wildman–Crippen LogP) is 11.5. The Kier molecular flexibility index (Phi) is 4.48. The third kappa shape index (κ3) is 3.15. The van der Waals surface area contributed by atoms with E-state index in [1.54, 1.807) is 0 Å². The van der Waals surface area contributed by atoms with Gasteiger partial charge in [-0.1, -0.05) is 97.1 Å². The molecule has 8 aromatic carbocycles. The molecule has 0 aliphatic carbocycles. The van der Waals surface area contributed by atoms with Crippen LogP contribution in [0.2, 0.25) is 0 Å². The molecule has 0 saturated heterocycles. The van der Waals surface area contributed by atoms with Crippen LogP contribution in [-0.4, -0.2) is 4.98 Å². The van der Waals surface area contributed by atoms with Gasteiger partial charge in [-0.25, -0.2) is 4.98 Å². The van der Waals surface area contributed by atoms with Gasteiger partial charge in [0.2, 0.25) is 0 Å². The molecule has 198 valence electrons. The summed E-state index contributed by atoms with van der Waals surface area (Å²) >= 11 is 0. The van der Waals surface area contributed by atoms with E-state index in [1.807, 2.05) is 12.1 Å². The standard InChI is InChI=1S/C41H23NO/c1-2-9-27-26(8-1)30-11-5-13-32-28-20-18-24(22-34(28)33-14-6-12-31(27)41(33)40(30)32)36-15-7-16-37(42-36)25-19-21-39-35(23-25)29-10-3-4-17-38(29)43-39/h1-23H. The Morgan fingerprint density at radius 3 is 1.47 bits per heavy atom. The number of para-hydroxylation sites is 1. The minimum atomic E-state index is 0.896. The number of furan rings is 1. The summed E-state index contributed by atoms with van der Waals surface area (Å²) in [5.41, 5.74) is 5.91. The molecule has 0 saturated carbocycles. The van der Waals surface area contributed by atoms with Crippen LogP contribution in [0.3, 0.4) is 0 Å². The van der Waals surface area contributed by atoms with Crippen molar-refractivity contribution in [1.29, 1.82) is 0 Å². The molecule has 10 aromatic rings. The van der Waals surface area contributed by atoms with E-state index in [-0.39, 0.29) is 0 Å². The number of aromatic nitrogens is 1. The summed E-state index contributed by atoms with van der Waals surface area (Å²) in [4.78, 5) is 5.18. The second kappa shape index (κ2) is 8.40. The Morgan fingerprint density at radius 2 is 0.791 bits per heavy atom. The molecule has 0 unspecified atom stereocenters. The monoisotopic (exact) mass is 545 g/mol. The van der Waals surface area contributed by atoms with Crippen molar-refractivity contribution in [3.8, 4) is 22.5 Å². The fourth-order valence-electron chi connectivity index (χ4n) is 7.30. The summed E-state index contributed by atoms with van der Waals surface area (Å²) in [7, 11) is 0. The van der Waals surface area contributed by atoms with E-state index >= 15 is 0 Å². The van der Waals surface area contributed by atoms with Crippen LogP contribution >= 0.6 is 0 Å². The number of hydrogen-bond donors (Lipinski definition) is 0. The van der Waals surface area contributed by atoms with E-state index in [0.29, 0.717) is 0 Å². The SMILES string of the molecule is c1cc(-c2ccc3oc4ccccc4c3c2)nc(-c2ccc3c(c2)c2cccc4c5ccccc5c5cccc3c5c42)c1. The molecule has 2 heterocycles. The van der Waals surface area contributed by atoms with Crippen LogP contribution in [0.4, 0.5) is 0 Å². The van der Waals surface area contributed by atoms with Crippen LogP contribution in [-0.2, 0) is 0 Å². The van der Waals surface area contributed by atoms with Crippen LogP contribution in [0.25, 0.3) is 98.3 Å². The average Bonchev–Trinajstić information content (AvgIpc) is 3.46. The van der Waals surface area contributed by atoms with Crippen LogP contribution in [0.1, 0.15) is 0 Å². The Labute approximate surface area is 246 Å². The fraction of sp³-hybridized carbons (Fsp3) is 0. The highest BCUT2D eigenvalue weighted by molar-refractivity contribution is 6.40. The lowest BCUT2D eigenvalue weighted by molar-refractivity contribution is 0.669. The zero-order chi connectivity index (χ0) is 28.1. The smallest absolute Gasteiger partial charge is 0.135 e. The van der Waals surface area contributed by atoms with Crippen molar-refractivity contribution in [2.24, 2.45) is 0 Å². The number of rotatable bonds is 2. The summed E-state index contributed by atoms with van der Waals surface area (Å²) in [6.07, 6.45) is 0. The molecule has 43 heavy (non-hydrogen) atoms. The highest BCUT2D eigenvalue weighted by atomic mass is 16.3. The zero-order valence-electron chi connectivity index (χ0n) is 23.1. The summed E-state index contributed by atoms with van der Waals surface area (Å²) in [5.74, 6) is 0. The zero-order valence-corrected chi connectivity index (χ0v) is 23.1. The van der Waals surface area contributed by atoms with Crippen LogP contribution in [0.5, 0.6) is 0 Å². The maximum Gasteiger partial charge on any atom is 0.135 e. The third-order valence-electron chi connectivity index (χ3n) is 9.20. The van der Waals surface area contributed by atoms with Gasteiger partial charge in [-0.05, 0) is 96.3 Å². The maximum atomic E-state index is 6.06. The van der Waals surface area contributed by atoms with Crippen molar-refractivity contribution in [2.45, 2.75) is 0 Å². The van der Waals surface area contributed by atoms with Gasteiger partial charge in [-0.15, -0.1) is 0 Å². The van der Waals surface area contributed by atoms with E-state index in [2.05, 4.69) is 127 Å². The lowest BCUT2D eigenvalue weighted by Crippen LogP contribution is -1.91. The number of benzene rings is 8. The third-order valence-corrected chi connectivity index (χ3v) is 9.20. The second-order valence-electron chi connectivity index (χ2n) is 11.5. The first kappa shape index (κ1) is 22.9. The Morgan fingerprint density at radius 1 is 0.326 bits per heavy atom. The predicted molar refractivity (Wildman–Crippen MR) is 181 cm³/mol. The minimum absolute atomic E-state index is 0.896. The normalized spacial score (nSPS) is 12.2. The Bertz CT molecular complexity index is 2730. The molecule has 0 amide bonds. The molecular formula is C41H23NO. The molecule has 0 spiro atoms. The summed E-state index contributed by atoms with van der Waals surface area (Å²) < 4.78 is 6.06. The van der Waals surface area contributed by atoms with E-state index in [9.17, 15) is 0 Å². The largest absolute Gasteiger partial charge is 0.456 e. The average molecular weight is 546 g/mol. The van der Waals surface area contributed by atoms with E-state index in [4.69, 9.17) is 9.40 Å². The molecule has 0 fully saturated rings. The number of fused-ring (bicyclic) bond motifs is 9. The minimum Gasteiger partial charge on any atom is -0.456 e. The van der Waals surface area contributed by atoms with Gasteiger partial charge in [0.05, 0.1) is 11.4 Å². The summed E-state index contributed by atoms with van der Waals surface area (Å²) in [6, 6.07) is 50.0. The molecule has 0 atom stereocenters. The van der Waals surface area contributed by atoms with Crippen molar-refractivity contribution in [3.63, 3.8) is 0 Å². The molecule has 0 N–H and O–H groups in total.